The fraction of sp³-hybridized carbons (Fsp3) is 0.176. The second-order valence-corrected chi connectivity index (χ2v) is 5.06. The standard InChI is InChI=1S/C17H14/c1-11-5-6-14-8-7-12-3-2-4-13-9-10-15(11)17(14)16(12)13/h2,4-11H,3H2,1H3. The highest BCUT2D eigenvalue weighted by atomic mass is 14.2. The Kier molecular flexibility index (Phi) is 1.69. The van der Waals surface area contributed by atoms with Crippen molar-refractivity contribution in [3.63, 3.8) is 0 Å². The highest BCUT2D eigenvalue weighted by Crippen LogP contribution is 2.39. The third kappa shape index (κ3) is 1.13. The lowest BCUT2D eigenvalue weighted by molar-refractivity contribution is 0.978. The van der Waals surface area contributed by atoms with Gasteiger partial charge in [-0.3, -0.25) is 0 Å². The average Bonchev–Trinajstić information content (AvgIpc) is 2.38. The van der Waals surface area contributed by atoms with E-state index in [0.717, 1.165) is 6.42 Å². The second-order valence-electron chi connectivity index (χ2n) is 5.06. The number of allylic oxidation sites excluding steroid dienone is 2. The van der Waals surface area contributed by atoms with Crippen LogP contribution in [0, 0.1) is 0 Å². The lowest BCUT2D eigenvalue weighted by Gasteiger charge is -2.22. The number of benzene rings is 2. The summed E-state index contributed by atoms with van der Waals surface area (Å²) in [6.07, 6.45) is 10.2. The zero-order valence-corrected chi connectivity index (χ0v) is 9.90. The summed E-state index contributed by atoms with van der Waals surface area (Å²) >= 11 is 0. The number of hydrogen-bond donors (Lipinski definition) is 0. The van der Waals surface area contributed by atoms with Crippen LogP contribution in [0.3, 0.4) is 0 Å². The first-order valence-electron chi connectivity index (χ1n) is 6.28. The molecule has 2 aliphatic carbocycles. The maximum Gasteiger partial charge on any atom is -0.0000723 e. The predicted molar refractivity (Wildman–Crippen MR) is 74.1 cm³/mol. The molecule has 0 saturated heterocycles. The van der Waals surface area contributed by atoms with Gasteiger partial charge in [-0.1, -0.05) is 55.5 Å². The topological polar surface area (TPSA) is 0 Å². The fourth-order valence-corrected chi connectivity index (χ4v) is 3.14. The molecule has 2 aliphatic rings. The summed E-state index contributed by atoms with van der Waals surface area (Å²) in [6, 6.07) is 9.13. The minimum Gasteiger partial charge on any atom is -0.0795 e. The highest BCUT2D eigenvalue weighted by Gasteiger charge is 2.18. The SMILES string of the molecule is CC1C=Cc2ccc3c4c(ccc1c24)C=CC3. The van der Waals surface area contributed by atoms with E-state index in [1.165, 1.54) is 33.0 Å². The maximum absolute atomic E-state index is 2.30. The quantitative estimate of drug-likeness (QED) is 0.609. The van der Waals surface area contributed by atoms with Crippen LogP contribution in [0.15, 0.2) is 36.4 Å². The summed E-state index contributed by atoms with van der Waals surface area (Å²) in [7, 11) is 0. The van der Waals surface area contributed by atoms with Crippen molar-refractivity contribution < 1.29 is 0 Å². The van der Waals surface area contributed by atoms with Crippen molar-refractivity contribution in [2.24, 2.45) is 0 Å². The van der Waals surface area contributed by atoms with E-state index < -0.39 is 0 Å². The van der Waals surface area contributed by atoms with Gasteiger partial charge in [0.05, 0.1) is 0 Å². The third-order valence-electron chi connectivity index (χ3n) is 4.03. The molecule has 2 aromatic rings. The Hall–Kier alpha value is -1.82. The lowest BCUT2D eigenvalue weighted by atomic mass is 9.82. The molecule has 0 heteroatoms. The molecule has 0 spiro atoms. The normalized spacial score (nSPS) is 19.9. The molecule has 1 unspecified atom stereocenters. The first kappa shape index (κ1) is 9.23. The van der Waals surface area contributed by atoms with Gasteiger partial charge in [0.1, 0.15) is 0 Å². The van der Waals surface area contributed by atoms with Crippen molar-refractivity contribution in [3.05, 3.63) is 58.7 Å². The van der Waals surface area contributed by atoms with Crippen molar-refractivity contribution >= 4 is 22.9 Å². The smallest absolute Gasteiger partial charge is 0.0000723 e. The van der Waals surface area contributed by atoms with Crippen LogP contribution >= 0.6 is 0 Å². The van der Waals surface area contributed by atoms with E-state index in [1.807, 2.05) is 0 Å². The predicted octanol–water partition coefficient (Wildman–Crippen LogP) is 4.54. The van der Waals surface area contributed by atoms with E-state index >= 15 is 0 Å². The minimum atomic E-state index is 0.540. The Morgan fingerprint density at radius 2 is 1.76 bits per heavy atom. The van der Waals surface area contributed by atoms with E-state index in [9.17, 15) is 0 Å². The first-order valence-corrected chi connectivity index (χ1v) is 6.28. The van der Waals surface area contributed by atoms with Gasteiger partial charge in [0.15, 0.2) is 0 Å². The zero-order chi connectivity index (χ0) is 11.4. The Morgan fingerprint density at radius 3 is 2.71 bits per heavy atom. The lowest BCUT2D eigenvalue weighted by Crippen LogP contribution is -2.02. The average molecular weight is 218 g/mol. The maximum atomic E-state index is 2.30. The molecule has 0 fully saturated rings. The van der Waals surface area contributed by atoms with Crippen LogP contribution in [-0.4, -0.2) is 0 Å². The van der Waals surface area contributed by atoms with E-state index in [1.54, 1.807) is 0 Å². The molecule has 82 valence electrons. The fourth-order valence-electron chi connectivity index (χ4n) is 3.14. The van der Waals surface area contributed by atoms with Crippen molar-refractivity contribution in [1.82, 2.24) is 0 Å². The molecule has 4 rings (SSSR count). The van der Waals surface area contributed by atoms with Gasteiger partial charge < -0.3 is 0 Å². The summed E-state index contributed by atoms with van der Waals surface area (Å²) in [5, 5.41) is 2.97. The van der Waals surface area contributed by atoms with Gasteiger partial charge in [-0.05, 0) is 45.4 Å². The second kappa shape index (κ2) is 3.10. The summed E-state index contributed by atoms with van der Waals surface area (Å²) < 4.78 is 0. The largest absolute Gasteiger partial charge is 0.0795 e. The molecule has 1 atom stereocenters. The van der Waals surface area contributed by atoms with Crippen LogP contribution in [0.5, 0.6) is 0 Å². The van der Waals surface area contributed by atoms with Gasteiger partial charge in [0.25, 0.3) is 0 Å². The van der Waals surface area contributed by atoms with E-state index in [2.05, 4.69) is 55.5 Å². The van der Waals surface area contributed by atoms with E-state index in [4.69, 9.17) is 0 Å². The molecule has 0 aromatic heterocycles. The van der Waals surface area contributed by atoms with Crippen molar-refractivity contribution in [2.45, 2.75) is 19.3 Å². The molecule has 0 N–H and O–H groups in total. The van der Waals surface area contributed by atoms with E-state index in [-0.39, 0.29) is 0 Å². The minimum absolute atomic E-state index is 0.540. The van der Waals surface area contributed by atoms with Gasteiger partial charge in [-0.2, -0.15) is 0 Å². The molecular formula is C17H14. The molecule has 0 amide bonds. The summed E-state index contributed by atoms with van der Waals surface area (Å²) in [6.45, 7) is 2.28. The number of hydrogen-bond acceptors (Lipinski definition) is 0. The van der Waals surface area contributed by atoms with Crippen LogP contribution in [0.25, 0.3) is 22.9 Å². The van der Waals surface area contributed by atoms with E-state index in [0.29, 0.717) is 5.92 Å². The third-order valence-corrected chi connectivity index (χ3v) is 4.03. The van der Waals surface area contributed by atoms with Crippen LogP contribution in [0.1, 0.15) is 35.1 Å². The Morgan fingerprint density at radius 1 is 0.941 bits per heavy atom. The van der Waals surface area contributed by atoms with Crippen molar-refractivity contribution in [3.8, 4) is 0 Å². The molecular weight excluding hydrogens is 204 g/mol. The molecule has 0 radical (unpaired) electrons. The molecule has 0 nitrogen and oxygen atoms in total. The van der Waals surface area contributed by atoms with Gasteiger partial charge in [-0.15, -0.1) is 0 Å². The Labute approximate surface area is 101 Å². The zero-order valence-electron chi connectivity index (χ0n) is 9.90. The van der Waals surface area contributed by atoms with Gasteiger partial charge >= 0.3 is 0 Å². The molecule has 17 heavy (non-hydrogen) atoms. The van der Waals surface area contributed by atoms with Crippen LogP contribution in [-0.2, 0) is 6.42 Å². The molecule has 2 aromatic carbocycles. The van der Waals surface area contributed by atoms with Crippen LogP contribution in [0.4, 0.5) is 0 Å². The van der Waals surface area contributed by atoms with Gasteiger partial charge in [-0.25, -0.2) is 0 Å². The van der Waals surface area contributed by atoms with Crippen molar-refractivity contribution in [1.29, 1.82) is 0 Å². The molecule has 0 heterocycles. The first-order chi connectivity index (χ1) is 8.34. The summed E-state index contributed by atoms with van der Waals surface area (Å²) in [4.78, 5) is 0. The monoisotopic (exact) mass is 218 g/mol. The molecule has 0 saturated carbocycles. The molecule has 0 aliphatic heterocycles. The van der Waals surface area contributed by atoms with Crippen LogP contribution < -0.4 is 0 Å². The summed E-state index contributed by atoms with van der Waals surface area (Å²) in [5.41, 5.74) is 5.73. The summed E-state index contributed by atoms with van der Waals surface area (Å²) in [5.74, 6) is 0.540. The Bertz CT molecular complexity index is 687. The Balaban J connectivity index is 2.26. The van der Waals surface area contributed by atoms with Gasteiger partial charge in [0, 0.05) is 0 Å². The van der Waals surface area contributed by atoms with Gasteiger partial charge in [0.2, 0.25) is 0 Å². The van der Waals surface area contributed by atoms with Crippen molar-refractivity contribution in [2.75, 3.05) is 0 Å². The molecule has 0 bridgehead atoms. The van der Waals surface area contributed by atoms with Crippen LogP contribution in [0.2, 0.25) is 0 Å². The highest BCUT2D eigenvalue weighted by molar-refractivity contribution is 6.03. The number of rotatable bonds is 0.